The Kier molecular flexibility index (Phi) is 5.72. The number of benzene rings is 2. The molecule has 0 aliphatic heterocycles. The zero-order chi connectivity index (χ0) is 15.8. The first kappa shape index (κ1) is 15.8. The third-order valence-electron chi connectivity index (χ3n) is 3.27. The van der Waals surface area contributed by atoms with Crippen LogP contribution >= 0.6 is 0 Å². The molecule has 0 heterocycles. The van der Waals surface area contributed by atoms with E-state index in [1.165, 1.54) is 0 Å². The van der Waals surface area contributed by atoms with Gasteiger partial charge in [-0.1, -0.05) is 67.6 Å². The van der Waals surface area contributed by atoms with E-state index in [0.29, 0.717) is 5.56 Å². The van der Waals surface area contributed by atoms with E-state index in [9.17, 15) is 9.59 Å². The molecule has 22 heavy (non-hydrogen) atoms. The minimum absolute atomic E-state index is 0.00367. The summed E-state index contributed by atoms with van der Waals surface area (Å²) in [5.41, 5.74) is 1.57. The molecule has 4 nitrogen and oxygen atoms in total. The predicted octanol–water partition coefficient (Wildman–Crippen LogP) is 3.43. The van der Waals surface area contributed by atoms with Crippen molar-refractivity contribution in [3.8, 4) is 0 Å². The maximum atomic E-state index is 12.1. The van der Waals surface area contributed by atoms with Crippen LogP contribution in [0.2, 0.25) is 0 Å². The molecule has 0 radical (unpaired) electrons. The summed E-state index contributed by atoms with van der Waals surface area (Å²) < 4.78 is 5.10. The van der Waals surface area contributed by atoms with E-state index in [-0.39, 0.29) is 24.9 Å². The number of ether oxygens (including phenoxy) is 1. The fraction of sp³-hybridized carbons (Fsp3) is 0.222. The Labute approximate surface area is 130 Å². The Morgan fingerprint density at radius 3 is 2.23 bits per heavy atom. The molecule has 0 saturated carbocycles. The molecule has 1 unspecified atom stereocenters. The number of Topliss-reactive ketones (excluding diaryl/α,β-unsaturated/α-hetero) is 1. The van der Waals surface area contributed by atoms with Gasteiger partial charge in [0.25, 0.3) is 0 Å². The molecule has 0 saturated heterocycles. The van der Waals surface area contributed by atoms with Gasteiger partial charge in [0.2, 0.25) is 0 Å². The average Bonchev–Trinajstić information content (AvgIpc) is 2.58. The maximum absolute atomic E-state index is 12.1. The monoisotopic (exact) mass is 297 g/mol. The highest BCUT2D eigenvalue weighted by molar-refractivity contribution is 5.97. The van der Waals surface area contributed by atoms with Gasteiger partial charge in [0, 0.05) is 18.0 Å². The van der Waals surface area contributed by atoms with Crippen molar-refractivity contribution < 1.29 is 14.3 Å². The van der Waals surface area contributed by atoms with Crippen LogP contribution < -0.4 is 5.32 Å². The molecular weight excluding hydrogens is 278 g/mol. The Bertz CT molecular complexity index is 611. The lowest BCUT2D eigenvalue weighted by atomic mass is 9.99. The van der Waals surface area contributed by atoms with Crippen LogP contribution in [-0.2, 0) is 11.3 Å². The molecule has 1 N–H and O–H groups in total. The predicted molar refractivity (Wildman–Crippen MR) is 84.6 cm³/mol. The molecule has 2 rings (SSSR count). The first-order valence-electron chi connectivity index (χ1n) is 7.20. The molecule has 2 aromatic rings. The van der Waals surface area contributed by atoms with Crippen molar-refractivity contribution in [2.24, 2.45) is 5.92 Å². The second-order valence-electron chi connectivity index (χ2n) is 5.07. The molecule has 4 heteroatoms. The summed E-state index contributed by atoms with van der Waals surface area (Å²) in [5.74, 6) is -0.296. The van der Waals surface area contributed by atoms with Gasteiger partial charge in [0.05, 0.1) is 0 Å². The van der Waals surface area contributed by atoms with E-state index >= 15 is 0 Å². The van der Waals surface area contributed by atoms with Crippen LogP contribution in [0.25, 0.3) is 0 Å². The fourth-order valence-electron chi connectivity index (χ4n) is 1.99. The first-order valence-corrected chi connectivity index (χ1v) is 7.20. The Balaban J connectivity index is 1.75. The normalized spacial score (nSPS) is 11.5. The Hall–Kier alpha value is -2.62. The second kappa shape index (κ2) is 7.98. The molecule has 114 valence electrons. The van der Waals surface area contributed by atoms with Crippen molar-refractivity contribution in [2.75, 3.05) is 6.54 Å². The standard InChI is InChI=1S/C18H19NO3/c1-14(17(20)16-10-6-3-7-11-16)12-19-18(21)22-13-15-8-4-2-5-9-15/h2-11,14H,12-13H2,1H3,(H,19,21). The third kappa shape index (κ3) is 4.74. The maximum Gasteiger partial charge on any atom is 0.407 e. The van der Waals surface area contributed by atoms with E-state index in [2.05, 4.69) is 5.32 Å². The molecule has 0 aliphatic carbocycles. The van der Waals surface area contributed by atoms with Crippen LogP contribution in [0.3, 0.4) is 0 Å². The van der Waals surface area contributed by atoms with Crippen LogP contribution in [0.5, 0.6) is 0 Å². The molecular formula is C18H19NO3. The van der Waals surface area contributed by atoms with E-state index in [4.69, 9.17) is 4.74 Å². The molecule has 0 aromatic heterocycles. The number of ketones is 1. The summed E-state index contributed by atoms with van der Waals surface area (Å²) in [4.78, 5) is 23.8. The highest BCUT2D eigenvalue weighted by Gasteiger charge is 2.16. The zero-order valence-corrected chi connectivity index (χ0v) is 12.5. The van der Waals surface area contributed by atoms with Crippen LogP contribution in [0.4, 0.5) is 4.79 Å². The molecule has 0 fully saturated rings. The van der Waals surface area contributed by atoms with Crippen molar-refractivity contribution in [3.63, 3.8) is 0 Å². The van der Waals surface area contributed by atoms with Crippen LogP contribution in [0.15, 0.2) is 60.7 Å². The summed E-state index contributed by atoms with van der Waals surface area (Å²) in [6, 6.07) is 18.5. The van der Waals surface area contributed by atoms with Crippen molar-refractivity contribution in [1.29, 1.82) is 0 Å². The number of rotatable bonds is 6. The average molecular weight is 297 g/mol. The SMILES string of the molecule is CC(CNC(=O)OCc1ccccc1)C(=O)c1ccccc1. The van der Waals surface area contributed by atoms with E-state index in [1.807, 2.05) is 48.5 Å². The van der Waals surface area contributed by atoms with Gasteiger partial charge < -0.3 is 10.1 Å². The Morgan fingerprint density at radius 1 is 1.00 bits per heavy atom. The lowest BCUT2D eigenvalue weighted by Crippen LogP contribution is -2.32. The number of hydrogen-bond donors (Lipinski definition) is 1. The van der Waals surface area contributed by atoms with Crippen LogP contribution in [-0.4, -0.2) is 18.4 Å². The van der Waals surface area contributed by atoms with Crippen molar-refractivity contribution in [1.82, 2.24) is 5.32 Å². The summed E-state index contributed by atoms with van der Waals surface area (Å²) in [7, 11) is 0. The van der Waals surface area contributed by atoms with Gasteiger partial charge in [0.1, 0.15) is 6.61 Å². The minimum atomic E-state index is -0.517. The summed E-state index contributed by atoms with van der Waals surface area (Å²) in [6.45, 7) is 2.25. The molecule has 0 aliphatic rings. The number of amides is 1. The number of carbonyl (C=O) groups is 2. The van der Waals surface area contributed by atoms with Crippen molar-refractivity contribution in [2.45, 2.75) is 13.5 Å². The number of nitrogens with one attached hydrogen (secondary N) is 1. The summed E-state index contributed by atoms with van der Waals surface area (Å²) in [6.07, 6.45) is -0.517. The van der Waals surface area contributed by atoms with E-state index in [1.54, 1.807) is 19.1 Å². The zero-order valence-electron chi connectivity index (χ0n) is 12.5. The molecule has 0 bridgehead atoms. The summed E-state index contributed by atoms with van der Waals surface area (Å²) in [5, 5.41) is 2.62. The van der Waals surface area contributed by atoms with Crippen molar-refractivity contribution in [3.05, 3.63) is 71.8 Å². The summed E-state index contributed by atoms with van der Waals surface area (Å²) >= 11 is 0. The van der Waals surface area contributed by atoms with Crippen molar-refractivity contribution >= 4 is 11.9 Å². The van der Waals surface area contributed by atoms with Gasteiger partial charge >= 0.3 is 6.09 Å². The second-order valence-corrected chi connectivity index (χ2v) is 5.07. The van der Waals surface area contributed by atoms with Crippen LogP contribution in [0.1, 0.15) is 22.8 Å². The highest BCUT2D eigenvalue weighted by Crippen LogP contribution is 2.08. The van der Waals surface area contributed by atoms with Gasteiger partial charge in [-0.15, -0.1) is 0 Å². The lowest BCUT2D eigenvalue weighted by Gasteiger charge is -2.12. The van der Waals surface area contributed by atoms with Gasteiger partial charge in [-0.3, -0.25) is 4.79 Å². The third-order valence-corrected chi connectivity index (χ3v) is 3.27. The molecule has 1 amide bonds. The molecule has 2 aromatic carbocycles. The fourth-order valence-corrected chi connectivity index (χ4v) is 1.99. The number of carbonyl (C=O) groups excluding carboxylic acids is 2. The molecule has 1 atom stereocenters. The minimum Gasteiger partial charge on any atom is -0.445 e. The Morgan fingerprint density at radius 2 is 1.59 bits per heavy atom. The quantitative estimate of drug-likeness (QED) is 0.831. The van der Waals surface area contributed by atoms with Gasteiger partial charge in [0.15, 0.2) is 5.78 Å². The number of hydrogen-bond acceptors (Lipinski definition) is 3. The smallest absolute Gasteiger partial charge is 0.407 e. The number of alkyl carbamates (subject to hydrolysis) is 1. The van der Waals surface area contributed by atoms with E-state index in [0.717, 1.165) is 5.56 Å². The van der Waals surface area contributed by atoms with E-state index < -0.39 is 6.09 Å². The van der Waals surface area contributed by atoms with Gasteiger partial charge in [-0.25, -0.2) is 4.79 Å². The largest absolute Gasteiger partial charge is 0.445 e. The van der Waals surface area contributed by atoms with Gasteiger partial charge in [-0.2, -0.15) is 0 Å². The molecule has 0 spiro atoms. The highest BCUT2D eigenvalue weighted by atomic mass is 16.5. The van der Waals surface area contributed by atoms with Gasteiger partial charge in [-0.05, 0) is 5.56 Å². The lowest BCUT2D eigenvalue weighted by molar-refractivity contribution is 0.0925. The first-order chi connectivity index (χ1) is 10.7. The topological polar surface area (TPSA) is 55.4 Å². The van der Waals surface area contributed by atoms with Crippen LogP contribution in [0, 0.1) is 5.92 Å².